The molecular weight excluding hydrogens is 250 g/mol. The standard InChI is InChI=1S/C9H8BrNO3/c1-7(10)6-14-9-4-2-8(3-5-9)11(12)13/h2-5H,1,6H2. The molecule has 1 aromatic rings. The summed E-state index contributed by atoms with van der Waals surface area (Å²) in [4.78, 5) is 9.87. The Morgan fingerprint density at radius 2 is 2.07 bits per heavy atom. The van der Waals surface area contributed by atoms with E-state index in [4.69, 9.17) is 4.74 Å². The summed E-state index contributed by atoms with van der Waals surface area (Å²) in [7, 11) is 0. The average molecular weight is 258 g/mol. The van der Waals surface area contributed by atoms with Gasteiger partial charge in [-0.3, -0.25) is 10.1 Å². The van der Waals surface area contributed by atoms with Gasteiger partial charge in [-0.1, -0.05) is 22.5 Å². The van der Waals surface area contributed by atoms with Crippen LogP contribution in [0.3, 0.4) is 0 Å². The lowest BCUT2D eigenvalue weighted by molar-refractivity contribution is -0.384. The van der Waals surface area contributed by atoms with Crippen LogP contribution in [0.2, 0.25) is 0 Å². The molecule has 14 heavy (non-hydrogen) atoms. The van der Waals surface area contributed by atoms with Gasteiger partial charge in [0.25, 0.3) is 5.69 Å². The monoisotopic (exact) mass is 257 g/mol. The minimum Gasteiger partial charge on any atom is -0.488 e. The first-order valence-electron chi connectivity index (χ1n) is 3.80. The molecule has 0 aliphatic rings. The van der Waals surface area contributed by atoms with Gasteiger partial charge in [-0.25, -0.2) is 0 Å². The van der Waals surface area contributed by atoms with Gasteiger partial charge in [0.05, 0.1) is 4.92 Å². The average Bonchev–Trinajstić information content (AvgIpc) is 2.15. The van der Waals surface area contributed by atoms with Gasteiger partial charge < -0.3 is 4.74 Å². The predicted molar refractivity (Wildman–Crippen MR) is 56.7 cm³/mol. The van der Waals surface area contributed by atoms with Crippen molar-refractivity contribution in [3.8, 4) is 5.75 Å². The number of ether oxygens (including phenoxy) is 1. The van der Waals surface area contributed by atoms with Crippen molar-refractivity contribution >= 4 is 21.6 Å². The van der Waals surface area contributed by atoms with Gasteiger partial charge in [0, 0.05) is 16.6 Å². The molecule has 0 spiro atoms. The number of benzene rings is 1. The number of hydrogen-bond acceptors (Lipinski definition) is 3. The van der Waals surface area contributed by atoms with Crippen molar-refractivity contribution in [2.45, 2.75) is 0 Å². The first-order chi connectivity index (χ1) is 6.59. The third-order valence-corrected chi connectivity index (χ3v) is 1.67. The first kappa shape index (κ1) is 10.7. The summed E-state index contributed by atoms with van der Waals surface area (Å²) in [5.41, 5.74) is 0.0509. The van der Waals surface area contributed by atoms with Crippen molar-refractivity contribution in [3.05, 3.63) is 45.4 Å². The normalized spacial score (nSPS) is 9.50. The fraction of sp³-hybridized carbons (Fsp3) is 0.111. The van der Waals surface area contributed by atoms with E-state index in [0.717, 1.165) is 4.48 Å². The van der Waals surface area contributed by atoms with E-state index in [0.29, 0.717) is 12.4 Å². The van der Waals surface area contributed by atoms with Gasteiger partial charge in [0.2, 0.25) is 0 Å². The maximum Gasteiger partial charge on any atom is 0.269 e. The Hall–Kier alpha value is -1.36. The van der Waals surface area contributed by atoms with Crippen LogP contribution in [-0.2, 0) is 0 Å². The van der Waals surface area contributed by atoms with Crippen molar-refractivity contribution in [2.24, 2.45) is 0 Å². The molecule has 4 nitrogen and oxygen atoms in total. The summed E-state index contributed by atoms with van der Waals surface area (Å²) in [5, 5.41) is 10.3. The molecule has 0 N–H and O–H groups in total. The van der Waals surface area contributed by atoms with E-state index < -0.39 is 4.92 Å². The number of nitro groups is 1. The van der Waals surface area contributed by atoms with Crippen LogP contribution in [0.1, 0.15) is 0 Å². The molecule has 0 atom stereocenters. The minimum absolute atomic E-state index is 0.0509. The van der Waals surface area contributed by atoms with Crippen LogP contribution in [0.25, 0.3) is 0 Å². The lowest BCUT2D eigenvalue weighted by Crippen LogP contribution is -1.96. The molecule has 0 unspecified atom stereocenters. The fourth-order valence-electron chi connectivity index (χ4n) is 0.826. The summed E-state index contributed by atoms with van der Waals surface area (Å²) in [6.07, 6.45) is 0. The van der Waals surface area contributed by atoms with E-state index in [1.165, 1.54) is 12.1 Å². The van der Waals surface area contributed by atoms with Gasteiger partial charge in [-0.2, -0.15) is 0 Å². The molecule has 0 heterocycles. The van der Waals surface area contributed by atoms with E-state index in [2.05, 4.69) is 22.5 Å². The number of nitrogens with zero attached hydrogens (tertiary/aromatic N) is 1. The number of nitro benzene ring substituents is 1. The van der Waals surface area contributed by atoms with Crippen LogP contribution in [0, 0.1) is 10.1 Å². The number of non-ortho nitro benzene ring substituents is 1. The van der Waals surface area contributed by atoms with E-state index in [1.807, 2.05) is 0 Å². The lowest BCUT2D eigenvalue weighted by atomic mass is 10.3. The number of rotatable bonds is 4. The molecule has 0 saturated heterocycles. The Morgan fingerprint density at radius 1 is 1.50 bits per heavy atom. The number of hydrogen-bond donors (Lipinski definition) is 0. The Morgan fingerprint density at radius 3 is 2.50 bits per heavy atom. The summed E-state index contributed by atoms with van der Waals surface area (Å²) in [6.45, 7) is 3.94. The molecule has 0 aliphatic heterocycles. The van der Waals surface area contributed by atoms with Gasteiger partial charge in [-0.05, 0) is 12.1 Å². The molecule has 0 fully saturated rings. The topological polar surface area (TPSA) is 52.4 Å². The Bertz CT molecular complexity index is 348. The molecule has 0 bridgehead atoms. The summed E-state index contributed by atoms with van der Waals surface area (Å²) in [6, 6.07) is 5.89. The van der Waals surface area contributed by atoms with Gasteiger partial charge in [-0.15, -0.1) is 0 Å². The highest BCUT2D eigenvalue weighted by molar-refractivity contribution is 9.11. The van der Waals surface area contributed by atoms with Crippen LogP contribution < -0.4 is 4.74 Å². The smallest absolute Gasteiger partial charge is 0.269 e. The first-order valence-corrected chi connectivity index (χ1v) is 4.59. The highest BCUT2D eigenvalue weighted by Crippen LogP contribution is 2.18. The van der Waals surface area contributed by atoms with Gasteiger partial charge >= 0.3 is 0 Å². The fourth-order valence-corrected chi connectivity index (χ4v) is 0.940. The van der Waals surface area contributed by atoms with Gasteiger partial charge in [0.15, 0.2) is 0 Å². The second kappa shape index (κ2) is 4.76. The molecule has 74 valence electrons. The molecule has 0 saturated carbocycles. The maximum absolute atomic E-state index is 10.3. The summed E-state index contributed by atoms with van der Waals surface area (Å²) < 4.78 is 5.95. The Labute approximate surface area is 89.5 Å². The highest BCUT2D eigenvalue weighted by atomic mass is 79.9. The van der Waals surface area contributed by atoms with Crippen molar-refractivity contribution in [1.82, 2.24) is 0 Å². The van der Waals surface area contributed by atoms with Crippen LogP contribution in [0.15, 0.2) is 35.3 Å². The molecule has 1 aromatic carbocycles. The summed E-state index contributed by atoms with van der Waals surface area (Å²) in [5.74, 6) is 0.580. The third kappa shape index (κ3) is 3.18. The van der Waals surface area contributed by atoms with Crippen LogP contribution >= 0.6 is 15.9 Å². The molecule has 0 radical (unpaired) electrons. The van der Waals surface area contributed by atoms with Crippen LogP contribution in [0.5, 0.6) is 5.75 Å². The van der Waals surface area contributed by atoms with E-state index >= 15 is 0 Å². The molecular formula is C9H8BrNO3. The van der Waals surface area contributed by atoms with E-state index in [9.17, 15) is 10.1 Å². The Kier molecular flexibility index (Phi) is 3.64. The van der Waals surface area contributed by atoms with E-state index in [-0.39, 0.29) is 5.69 Å². The minimum atomic E-state index is -0.451. The zero-order valence-electron chi connectivity index (χ0n) is 7.27. The highest BCUT2D eigenvalue weighted by Gasteiger charge is 2.03. The van der Waals surface area contributed by atoms with Crippen molar-refractivity contribution in [2.75, 3.05) is 6.61 Å². The maximum atomic E-state index is 10.3. The van der Waals surface area contributed by atoms with Crippen LogP contribution in [0.4, 0.5) is 5.69 Å². The predicted octanol–water partition coefficient (Wildman–Crippen LogP) is 2.88. The van der Waals surface area contributed by atoms with Crippen LogP contribution in [-0.4, -0.2) is 11.5 Å². The second-order valence-electron chi connectivity index (χ2n) is 2.56. The number of halogens is 1. The molecule has 0 aromatic heterocycles. The summed E-state index contributed by atoms with van der Waals surface area (Å²) >= 11 is 3.14. The SMILES string of the molecule is C=C(Br)COc1ccc([N+](=O)[O-])cc1. The molecule has 1 rings (SSSR count). The van der Waals surface area contributed by atoms with Gasteiger partial charge in [0.1, 0.15) is 12.4 Å². The van der Waals surface area contributed by atoms with E-state index in [1.54, 1.807) is 12.1 Å². The third-order valence-electron chi connectivity index (χ3n) is 1.44. The van der Waals surface area contributed by atoms with Crippen molar-refractivity contribution in [1.29, 1.82) is 0 Å². The molecule has 0 aliphatic carbocycles. The zero-order chi connectivity index (χ0) is 10.6. The largest absolute Gasteiger partial charge is 0.488 e. The Balaban J connectivity index is 2.64. The second-order valence-corrected chi connectivity index (χ2v) is 3.68. The molecule has 0 amide bonds. The quantitative estimate of drug-likeness (QED) is 0.616. The molecule has 5 heteroatoms. The van der Waals surface area contributed by atoms with Crippen molar-refractivity contribution in [3.63, 3.8) is 0 Å². The van der Waals surface area contributed by atoms with Crippen molar-refractivity contribution < 1.29 is 9.66 Å². The lowest BCUT2D eigenvalue weighted by Gasteiger charge is -2.03. The zero-order valence-corrected chi connectivity index (χ0v) is 8.86.